The van der Waals surface area contributed by atoms with Crippen LogP contribution in [-0.2, 0) is 20.7 Å². The van der Waals surface area contributed by atoms with Gasteiger partial charge >= 0.3 is 0 Å². The van der Waals surface area contributed by atoms with Crippen molar-refractivity contribution in [3.63, 3.8) is 0 Å². The summed E-state index contributed by atoms with van der Waals surface area (Å²) in [5.41, 5.74) is 1.50. The van der Waals surface area contributed by atoms with Gasteiger partial charge in [-0.25, -0.2) is 8.42 Å². The van der Waals surface area contributed by atoms with E-state index < -0.39 is 15.1 Å². The van der Waals surface area contributed by atoms with E-state index >= 15 is 0 Å². The van der Waals surface area contributed by atoms with Crippen LogP contribution in [0.1, 0.15) is 83.9 Å². The highest BCUT2D eigenvalue weighted by molar-refractivity contribution is 7.96. The number of aromatic hydroxyl groups is 1. The summed E-state index contributed by atoms with van der Waals surface area (Å²) in [5.74, 6) is 0.240. The average Bonchev–Trinajstić information content (AvgIpc) is 3.06. The second-order valence-electron chi connectivity index (χ2n) is 9.54. The minimum atomic E-state index is -3.62. The fraction of sp³-hybridized carbons (Fsp3) is 0.591. The number of nitriles is 1. The van der Waals surface area contributed by atoms with E-state index in [2.05, 4.69) is 0 Å². The molecular weight excluding hydrogens is 358 g/mol. The Morgan fingerprint density at radius 1 is 1.07 bits per heavy atom. The molecule has 0 heterocycles. The predicted octanol–water partition coefficient (Wildman–Crippen LogP) is 5.21. The number of hydrogen-bond acceptors (Lipinski definition) is 4. The van der Waals surface area contributed by atoms with Gasteiger partial charge in [-0.05, 0) is 47.4 Å². The van der Waals surface area contributed by atoms with E-state index in [1.807, 2.05) is 47.6 Å². The number of rotatable bonds is 3. The third kappa shape index (κ3) is 4.55. The molecule has 0 spiro atoms. The second-order valence-corrected chi connectivity index (χ2v) is 11.7. The summed E-state index contributed by atoms with van der Waals surface area (Å²) in [5, 5.41) is 19.9. The van der Waals surface area contributed by atoms with Crippen LogP contribution in [0.4, 0.5) is 0 Å². The molecule has 148 valence electrons. The molecule has 1 fully saturated rings. The number of sulfone groups is 1. The number of phenolic OH excluding ortho intramolecular Hbond substituents is 1. The van der Waals surface area contributed by atoms with Crippen molar-refractivity contribution >= 4 is 15.9 Å². The van der Waals surface area contributed by atoms with Gasteiger partial charge in [0, 0.05) is 11.1 Å². The SMILES string of the molecule is CC(C)(C)c1cc(C=C(C#N)S(=O)(=O)C2CCCC2)cc(C(C)(C)C)c1O. The summed E-state index contributed by atoms with van der Waals surface area (Å²) in [6.45, 7) is 12.0. The lowest BCUT2D eigenvalue weighted by Gasteiger charge is -2.28. The fourth-order valence-corrected chi connectivity index (χ4v) is 5.33. The van der Waals surface area contributed by atoms with Crippen molar-refractivity contribution in [3.05, 3.63) is 33.7 Å². The van der Waals surface area contributed by atoms with E-state index in [4.69, 9.17) is 0 Å². The molecule has 1 N–H and O–H groups in total. The highest BCUT2D eigenvalue weighted by Crippen LogP contribution is 2.40. The van der Waals surface area contributed by atoms with Crippen molar-refractivity contribution < 1.29 is 13.5 Å². The van der Waals surface area contributed by atoms with Crippen molar-refractivity contribution in [1.29, 1.82) is 5.26 Å². The molecule has 1 aliphatic carbocycles. The minimum absolute atomic E-state index is 0.181. The van der Waals surface area contributed by atoms with Gasteiger partial charge in [0.05, 0.1) is 5.25 Å². The molecular formula is C22H31NO3S. The standard InChI is InChI=1S/C22H31NO3S/c1-21(2,3)18-12-15(13-19(20(18)24)22(4,5)6)11-17(14-23)27(25,26)16-9-7-8-10-16/h11-13,16,24H,7-10H2,1-6H3. The van der Waals surface area contributed by atoms with Gasteiger partial charge in [-0.1, -0.05) is 54.4 Å². The maximum Gasteiger partial charge on any atom is 0.191 e. The molecule has 0 saturated heterocycles. The Morgan fingerprint density at radius 3 is 1.89 bits per heavy atom. The molecule has 0 aliphatic heterocycles. The number of phenols is 1. The summed E-state index contributed by atoms with van der Waals surface area (Å²) in [6.07, 6.45) is 4.50. The first-order chi connectivity index (χ1) is 12.3. The zero-order chi connectivity index (χ0) is 20.6. The largest absolute Gasteiger partial charge is 0.507 e. The van der Waals surface area contributed by atoms with Crippen LogP contribution in [0.15, 0.2) is 17.0 Å². The summed E-state index contributed by atoms with van der Waals surface area (Å²) in [4.78, 5) is -0.181. The lowest BCUT2D eigenvalue weighted by atomic mass is 9.78. The van der Waals surface area contributed by atoms with Crippen LogP contribution < -0.4 is 0 Å². The predicted molar refractivity (Wildman–Crippen MR) is 110 cm³/mol. The Bertz CT molecular complexity index is 850. The maximum atomic E-state index is 12.9. The van der Waals surface area contributed by atoms with E-state index in [1.165, 1.54) is 6.08 Å². The van der Waals surface area contributed by atoms with Crippen molar-refractivity contribution in [1.82, 2.24) is 0 Å². The summed E-state index contributed by atoms with van der Waals surface area (Å²) >= 11 is 0. The Hall–Kier alpha value is -1.80. The average molecular weight is 390 g/mol. The Labute approximate surface area is 163 Å². The molecule has 1 aliphatic rings. The molecule has 5 heteroatoms. The van der Waals surface area contributed by atoms with E-state index in [0.717, 1.165) is 24.0 Å². The molecule has 2 rings (SSSR count). The van der Waals surface area contributed by atoms with Crippen LogP contribution in [0.5, 0.6) is 5.75 Å². The van der Waals surface area contributed by atoms with Crippen LogP contribution >= 0.6 is 0 Å². The Balaban J connectivity index is 2.66. The van der Waals surface area contributed by atoms with E-state index in [-0.39, 0.29) is 21.5 Å². The van der Waals surface area contributed by atoms with Crippen LogP contribution in [-0.4, -0.2) is 18.8 Å². The first kappa shape index (κ1) is 21.5. The first-order valence-electron chi connectivity index (χ1n) is 9.52. The lowest BCUT2D eigenvalue weighted by molar-refractivity contribution is 0.423. The monoisotopic (exact) mass is 389 g/mol. The molecule has 1 aromatic rings. The molecule has 0 aromatic heterocycles. The molecule has 0 radical (unpaired) electrons. The van der Waals surface area contributed by atoms with E-state index in [1.54, 1.807) is 12.1 Å². The number of allylic oxidation sites excluding steroid dienone is 1. The molecule has 27 heavy (non-hydrogen) atoms. The lowest BCUT2D eigenvalue weighted by Crippen LogP contribution is -2.19. The van der Waals surface area contributed by atoms with Gasteiger partial charge in [0.1, 0.15) is 16.7 Å². The van der Waals surface area contributed by atoms with Gasteiger partial charge in [0.2, 0.25) is 0 Å². The zero-order valence-corrected chi connectivity index (χ0v) is 18.1. The van der Waals surface area contributed by atoms with Gasteiger partial charge in [-0.2, -0.15) is 5.26 Å². The topological polar surface area (TPSA) is 78.2 Å². The maximum absolute atomic E-state index is 12.9. The molecule has 0 amide bonds. The van der Waals surface area contributed by atoms with Crippen molar-refractivity contribution in [2.45, 2.75) is 83.3 Å². The third-order valence-electron chi connectivity index (χ3n) is 5.20. The van der Waals surface area contributed by atoms with Gasteiger partial charge in [0.25, 0.3) is 0 Å². The summed E-state index contributed by atoms with van der Waals surface area (Å²) in [7, 11) is -3.62. The highest BCUT2D eigenvalue weighted by Gasteiger charge is 2.32. The Morgan fingerprint density at radius 2 is 1.52 bits per heavy atom. The van der Waals surface area contributed by atoms with Crippen molar-refractivity contribution in [2.24, 2.45) is 0 Å². The second kappa shape index (κ2) is 7.31. The minimum Gasteiger partial charge on any atom is -0.507 e. The Kier molecular flexibility index (Phi) is 5.82. The van der Waals surface area contributed by atoms with Gasteiger partial charge < -0.3 is 5.11 Å². The normalized spacial score (nSPS) is 17.1. The third-order valence-corrected chi connectivity index (χ3v) is 7.38. The van der Waals surface area contributed by atoms with Gasteiger partial charge in [0.15, 0.2) is 9.84 Å². The zero-order valence-electron chi connectivity index (χ0n) is 17.3. The number of nitrogens with zero attached hydrogens (tertiary/aromatic N) is 1. The smallest absolute Gasteiger partial charge is 0.191 e. The quantitative estimate of drug-likeness (QED) is 0.720. The van der Waals surface area contributed by atoms with Crippen LogP contribution in [0.2, 0.25) is 0 Å². The highest BCUT2D eigenvalue weighted by atomic mass is 32.2. The number of hydrogen-bond donors (Lipinski definition) is 1. The van der Waals surface area contributed by atoms with E-state index in [9.17, 15) is 18.8 Å². The fourth-order valence-electron chi connectivity index (χ4n) is 3.59. The van der Waals surface area contributed by atoms with Crippen LogP contribution in [0, 0.1) is 11.3 Å². The first-order valence-corrected chi connectivity index (χ1v) is 11.1. The van der Waals surface area contributed by atoms with Crippen LogP contribution in [0.3, 0.4) is 0 Å². The molecule has 0 unspecified atom stereocenters. The molecule has 0 atom stereocenters. The summed E-state index contributed by atoms with van der Waals surface area (Å²) in [6, 6.07) is 5.50. The molecule has 1 saturated carbocycles. The van der Waals surface area contributed by atoms with Gasteiger partial charge in [-0.3, -0.25) is 0 Å². The van der Waals surface area contributed by atoms with Crippen molar-refractivity contribution in [2.75, 3.05) is 0 Å². The van der Waals surface area contributed by atoms with Crippen molar-refractivity contribution in [3.8, 4) is 11.8 Å². The van der Waals surface area contributed by atoms with Gasteiger partial charge in [-0.15, -0.1) is 0 Å². The molecule has 1 aromatic carbocycles. The molecule has 4 nitrogen and oxygen atoms in total. The number of benzene rings is 1. The van der Waals surface area contributed by atoms with E-state index in [0.29, 0.717) is 18.4 Å². The summed E-state index contributed by atoms with van der Waals surface area (Å²) < 4.78 is 25.7. The molecule has 0 bridgehead atoms. The van der Waals surface area contributed by atoms with Crippen LogP contribution in [0.25, 0.3) is 6.08 Å².